The van der Waals surface area contributed by atoms with Crippen molar-refractivity contribution in [3.8, 4) is 0 Å². The van der Waals surface area contributed by atoms with E-state index in [9.17, 15) is 4.79 Å². The fourth-order valence-corrected chi connectivity index (χ4v) is 1.91. The van der Waals surface area contributed by atoms with E-state index in [2.05, 4.69) is 0 Å². The highest BCUT2D eigenvalue weighted by Crippen LogP contribution is 2.20. The molecule has 1 aromatic heterocycles. The molecule has 106 valence electrons. The number of ether oxygens (including phenoxy) is 1. The average molecular weight is 273 g/mol. The predicted octanol–water partition coefficient (Wildman–Crippen LogP) is 3.43. The summed E-state index contributed by atoms with van der Waals surface area (Å²) in [5.74, 6) is 0. The number of hydrogen-bond acceptors (Lipinski definition) is 3. The molecule has 4 nitrogen and oxygen atoms in total. The summed E-state index contributed by atoms with van der Waals surface area (Å²) in [6.07, 6.45) is 4.78. The minimum absolute atomic E-state index is 0.00881. The highest BCUT2D eigenvalue weighted by Gasteiger charge is 2.18. The molecule has 0 aliphatic rings. The lowest BCUT2D eigenvalue weighted by Gasteiger charge is -2.19. The van der Waals surface area contributed by atoms with E-state index in [-0.39, 0.29) is 6.61 Å². The van der Waals surface area contributed by atoms with Crippen LogP contribution in [0.4, 0.5) is 4.79 Å². The van der Waals surface area contributed by atoms with E-state index in [1.54, 1.807) is 12.3 Å². The summed E-state index contributed by atoms with van der Waals surface area (Å²) in [7, 11) is 0. The van der Waals surface area contributed by atoms with E-state index in [0.29, 0.717) is 0 Å². The topological polar surface area (TPSA) is 51.5 Å². The zero-order valence-electron chi connectivity index (χ0n) is 12.0. The quantitative estimate of drug-likeness (QED) is 0.912. The molecule has 1 N–H and O–H groups in total. The van der Waals surface area contributed by atoms with Crippen molar-refractivity contribution in [2.24, 2.45) is 0 Å². The highest BCUT2D eigenvalue weighted by atomic mass is 16.6. The molecule has 0 aliphatic heterocycles. The Bertz CT molecular complexity index is 647. The molecule has 0 bridgehead atoms. The van der Waals surface area contributed by atoms with Crippen LogP contribution in [0, 0.1) is 0 Å². The molecular weight excluding hydrogens is 254 g/mol. The maximum absolute atomic E-state index is 12.1. The monoisotopic (exact) mass is 273 g/mol. The van der Waals surface area contributed by atoms with Gasteiger partial charge in [-0.05, 0) is 38.5 Å². The fourth-order valence-electron chi connectivity index (χ4n) is 1.91. The largest absolute Gasteiger partial charge is 0.443 e. The molecule has 0 atom stereocenters. The summed E-state index contributed by atoms with van der Waals surface area (Å²) >= 11 is 0. The second-order valence-electron chi connectivity index (χ2n) is 5.57. The van der Waals surface area contributed by atoms with E-state index in [1.165, 1.54) is 4.57 Å². The molecule has 2 rings (SSSR count). The van der Waals surface area contributed by atoms with Crippen LogP contribution in [-0.2, 0) is 4.74 Å². The molecule has 0 aliphatic carbocycles. The van der Waals surface area contributed by atoms with Gasteiger partial charge in [-0.1, -0.05) is 24.3 Å². The first kappa shape index (κ1) is 14.3. The molecule has 2 aromatic rings. The van der Waals surface area contributed by atoms with Crippen LogP contribution in [0.15, 0.2) is 36.5 Å². The van der Waals surface area contributed by atoms with Crippen LogP contribution in [0.25, 0.3) is 17.0 Å². The third-order valence-corrected chi connectivity index (χ3v) is 2.72. The van der Waals surface area contributed by atoms with Gasteiger partial charge in [0, 0.05) is 11.6 Å². The Labute approximate surface area is 118 Å². The van der Waals surface area contributed by atoms with Gasteiger partial charge in [0.25, 0.3) is 0 Å². The number of aromatic nitrogens is 1. The average Bonchev–Trinajstić information content (AvgIpc) is 2.77. The Morgan fingerprint density at radius 2 is 2.10 bits per heavy atom. The summed E-state index contributed by atoms with van der Waals surface area (Å²) in [4.78, 5) is 12.1. The zero-order valence-corrected chi connectivity index (χ0v) is 12.0. The van der Waals surface area contributed by atoms with Crippen molar-refractivity contribution in [3.63, 3.8) is 0 Å². The number of carbonyl (C=O) groups excluding carboxylic acids is 1. The number of carbonyl (C=O) groups is 1. The minimum atomic E-state index is -0.526. The lowest BCUT2D eigenvalue weighted by Crippen LogP contribution is -2.26. The van der Waals surface area contributed by atoms with Crippen LogP contribution in [-0.4, -0.2) is 28.0 Å². The molecule has 0 saturated carbocycles. The van der Waals surface area contributed by atoms with Crippen LogP contribution < -0.4 is 0 Å². The van der Waals surface area contributed by atoms with Gasteiger partial charge in [-0.2, -0.15) is 0 Å². The van der Waals surface area contributed by atoms with Gasteiger partial charge in [0.2, 0.25) is 0 Å². The second kappa shape index (κ2) is 5.51. The maximum Gasteiger partial charge on any atom is 0.418 e. The van der Waals surface area contributed by atoms with Crippen LogP contribution in [0.1, 0.15) is 26.3 Å². The number of benzene rings is 1. The van der Waals surface area contributed by atoms with Gasteiger partial charge >= 0.3 is 6.09 Å². The van der Waals surface area contributed by atoms with E-state index < -0.39 is 11.7 Å². The van der Waals surface area contributed by atoms with Gasteiger partial charge < -0.3 is 9.84 Å². The lowest BCUT2D eigenvalue weighted by atomic mass is 10.1. The van der Waals surface area contributed by atoms with E-state index in [4.69, 9.17) is 9.84 Å². The van der Waals surface area contributed by atoms with Gasteiger partial charge in [0.05, 0.1) is 12.1 Å². The normalized spacial score (nSPS) is 12.2. The van der Waals surface area contributed by atoms with Crippen molar-refractivity contribution >= 4 is 23.1 Å². The Morgan fingerprint density at radius 3 is 2.75 bits per heavy atom. The van der Waals surface area contributed by atoms with Crippen LogP contribution in [0.5, 0.6) is 0 Å². The molecule has 0 spiro atoms. The molecule has 0 unspecified atom stereocenters. The first-order valence-electron chi connectivity index (χ1n) is 6.52. The number of rotatable bonds is 2. The molecule has 0 amide bonds. The molecule has 0 radical (unpaired) electrons. The predicted molar refractivity (Wildman–Crippen MR) is 79.7 cm³/mol. The van der Waals surface area contributed by atoms with Crippen molar-refractivity contribution < 1.29 is 14.6 Å². The molecule has 20 heavy (non-hydrogen) atoms. The standard InChI is InChI=1S/C16H19NO3/c1-16(2,3)20-15(19)17-9-8-13-7-6-12(5-4-10-18)11-14(13)17/h4-9,11,18H,10H2,1-3H3/b5-4+. The van der Waals surface area contributed by atoms with Gasteiger partial charge in [0.1, 0.15) is 5.60 Å². The number of aliphatic hydroxyl groups excluding tert-OH is 1. The highest BCUT2D eigenvalue weighted by molar-refractivity contribution is 5.90. The Morgan fingerprint density at radius 1 is 1.35 bits per heavy atom. The molecule has 1 aromatic carbocycles. The van der Waals surface area contributed by atoms with E-state index in [1.807, 2.05) is 51.1 Å². The van der Waals surface area contributed by atoms with Gasteiger partial charge in [-0.25, -0.2) is 4.79 Å². The molecule has 0 fully saturated rings. The second-order valence-corrected chi connectivity index (χ2v) is 5.57. The lowest BCUT2D eigenvalue weighted by molar-refractivity contribution is 0.0544. The first-order valence-corrected chi connectivity index (χ1v) is 6.52. The number of aliphatic hydroxyl groups is 1. The van der Waals surface area contributed by atoms with Crippen molar-refractivity contribution in [2.75, 3.05) is 6.61 Å². The summed E-state index contributed by atoms with van der Waals surface area (Å²) in [6.45, 7) is 5.51. The van der Waals surface area contributed by atoms with Crippen molar-refractivity contribution in [1.29, 1.82) is 0 Å². The molecular formula is C16H19NO3. The SMILES string of the molecule is CC(C)(C)OC(=O)n1ccc2ccc(/C=C/CO)cc21. The van der Waals surface area contributed by atoms with Crippen molar-refractivity contribution in [2.45, 2.75) is 26.4 Å². The zero-order chi connectivity index (χ0) is 14.8. The van der Waals surface area contributed by atoms with Crippen LogP contribution in [0.2, 0.25) is 0 Å². The molecule has 1 heterocycles. The van der Waals surface area contributed by atoms with E-state index >= 15 is 0 Å². The molecule has 4 heteroatoms. The first-order chi connectivity index (χ1) is 9.40. The third kappa shape index (κ3) is 3.27. The summed E-state index contributed by atoms with van der Waals surface area (Å²) in [5, 5.41) is 9.77. The Kier molecular flexibility index (Phi) is 3.95. The van der Waals surface area contributed by atoms with Crippen molar-refractivity contribution in [3.05, 3.63) is 42.1 Å². The van der Waals surface area contributed by atoms with Crippen molar-refractivity contribution in [1.82, 2.24) is 4.57 Å². The molecule has 0 saturated heterocycles. The summed E-state index contributed by atoms with van der Waals surface area (Å²) in [5.41, 5.74) is 1.19. The third-order valence-electron chi connectivity index (χ3n) is 2.72. The van der Waals surface area contributed by atoms with E-state index in [0.717, 1.165) is 16.5 Å². The van der Waals surface area contributed by atoms with Crippen LogP contribution >= 0.6 is 0 Å². The maximum atomic E-state index is 12.1. The van der Waals surface area contributed by atoms with Gasteiger partial charge in [-0.3, -0.25) is 4.57 Å². The van der Waals surface area contributed by atoms with Gasteiger partial charge in [-0.15, -0.1) is 0 Å². The number of nitrogens with zero attached hydrogens (tertiary/aromatic N) is 1. The Hall–Kier alpha value is -2.07. The summed E-state index contributed by atoms with van der Waals surface area (Å²) < 4.78 is 6.87. The fraction of sp³-hybridized carbons (Fsp3) is 0.312. The Balaban J connectivity index is 2.39. The number of fused-ring (bicyclic) bond motifs is 1. The van der Waals surface area contributed by atoms with Gasteiger partial charge in [0.15, 0.2) is 0 Å². The summed E-state index contributed by atoms with van der Waals surface area (Å²) in [6, 6.07) is 7.64. The number of hydrogen-bond donors (Lipinski definition) is 1. The smallest absolute Gasteiger partial charge is 0.418 e. The minimum Gasteiger partial charge on any atom is -0.443 e. The van der Waals surface area contributed by atoms with Crippen LogP contribution in [0.3, 0.4) is 0 Å².